The van der Waals surface area contributed by atoms with E-state index in [-0.39, 0.29) is 0 Å². The third kappa shape index (κ3) is 2.25. The summed E-state index contributed by atoms with van der Waals surface area (Å²) in [6.45, 7) is 0. The van der Waals surface area contributed by atoms with Crippen molar-refractivity contribution in [2.75, 3.05) is 5.32 Å². The second-order valence-corrected chi connectivity index (χ2v) is 5.00. The van der Waals surface area contributed by atoms with E-state index in [0.29, 0.717) is 5.69 Å². The number of anilines is 1. The number of rotatable bonds is 2. The summed E-state index contributed by atoms with van der Waals surface area (Å²) in [5, 5.41) is 15.5. The van der Waals surface area contributed by atoms with Crippen LogP contribution in [0.3, 0.4) is 0 Å². The van der Waals surface area contributed by atoms with E-state index in [1.54, 1.807) is 16.8 Å². The number of nitrogens with one attached hydrogen (secondary N) is 1. The van der Waals surface area contributed by atoms with E-state index in [2.05, 4.69) is 26.3 Å². The van der Waals surface area contributed by atoms with Gasteiger partial charge in [0.25, 0.3) is 0 Å². The number of halogens is 1. The summed E-state index contributed by atoms with van der Waals surface area (Å²) in [5.74, 6) is 0. The molecule has 0 bridgehead atoms. The Bertz CT molecular complexity index is 784. The number of benzene rings is 1. The smallest absolute Gasteiger partial charge is 0.409 e. The van der Waals surface area contributed by atoms with Gasteiger partial charge in [-0.3, -0.25) is 5.32 Å². The number of carboxylic acid groups (broad SMARTS) is 1. The Morgan fingerprint density at radius 2 is 1.95 bits per heavy atom. The zero-order valence-corrected chi connectivity index (χ0v) is 11.8. The molecule has 2 aromatic heterocycles. The van der Waals surface area contributed by atoms with Gasteiger partial charge in [-0.15, -0.1) is 0 Å². The summed E-state index contributed by atoms with van der Waals surface area (Å²) >= 11 is 3.54. The summed E-state index contributed by atoms with van der Waals surface area (Å²) in [6, 6.07) is 13.3. The van der Waals surface area contributed by atoms with Gasteiger partial charge in [0, 0.05) is 5.56 Å². The molecule has 0 unspecified atom stereocenters. The average molecular weight is 332 g/mol. The quantitative estimate of drug-likeness (QED) is 0.749. The van der Waals surface area contributed by atoms with Crippen LogP contribution in [0.2, 0.25) is 0 Å². The first-order valence-electron chi connectivity index (χ1n) is 5.88. The monoisotopic (exact) mass is 331 g/mol. The highest BCUT2D eigenvalue weighted by molar-refractivity contribution is 9.10. The first-order chi connectivity index (χ1) is 9.65. The van der Waals surface area contributed by atoms with Crippen LogP contribution in [0.15, 0.2) is 53.1 Å². The molecule has 0 saturated carbocycles. The number of carbonyl (C=O) groups is 1. The van der Waals surface area contributed by atoms with Crippen LogP contribution in [0.4, 0.5) is 10.5 Å². The highest BCUT2D eigenvalue weighted by Crippen LogP contribution is 2.31. The summed E-state index contributed by atoms with van der Waals surface area (Å²) in [5.41, 5.74) is 3.16. The highest BCUT2D eigenvalue weighted by atomic mass is 79.9. The van der Waals surface area contributed by atoms with Crippen molar-refractivity contribution in [3.63, 3.8) is 0 Å². The molecule has 0 aliphatic heterocycles. The lowest BCUT2D eigenvalue weighted by atomic mass is 10.1. The Morgan fingerprint density at radius 1 is 1.20 bits per heavy atom. The molecule has 2 N–H and O–H groups in total. The summed E-state index contributed by atoms with van der Waals surface area (Å²) in [4.78, 5) is 10.6. The largest absolute Gasteiger partial charge is 0.465 e. The Morgan fingerprint density at radius 3 is 2.65 bits per heavy atom. The van der Waals surface area contributed by atoms with Crippen LogP contribution in [-0.4, -0.2) is 20.8 Å². The Kier molecular flexibility index (Phi) is 3.15. The van der Waals surface area contributed by atoms with Gasteiger partial charge in [-0.1, -0.05) is 30.3 Å². The molecule has 3 aromatic rings. The molecule has 1 amide bonds. The topological polar surface area (TPSA) is 66.6 Å². The van der Waals surface area contributed by atoms with E-state index in [1.807, 2.05) is 36.4 Å². The number of hydrogen-bond donors (Lipinski definition) is 2. The van der Waals surface area contributed by atoms with Crippen molar-refractivity contribution in [3.8, 4) is 11.3 Å². The van der Waals surface area contributed by atoms with Gasteiger partial charge >= 0.3 is 6.09 Å². The zero-order chi connectivity index (χ0) is 14.1. The minimum absolute atomic E-state index is 0.472. The second-order valence-electron chi connectivity index (χ2n) is 4.21. The molecule has 0 aliphatic carbocycles. The van der Waals surface area contributed by atoms with Crippen LogP contribution >= 0.6 is 15.9 Å². The normalized spacial score (nSPS) is 10.7. The van der Waals surface area contributed by atoms with Crippen LogP contribution in [-0.2, 0) is 0 Å². The molecule has 0 saturated heterocycles. The van der Waals surface area contributed by atoms with Gasteiger partial charge in [-0.05, 0) is 28.1 Å². The van der Waals surface area contributed by atoms with Crippen molar-refractivity contribution in [3.05, 3.63) is 53.1 Å². The van der Waals surface area contributed by atoms with Gasteiger partial charge in [0.15, 0.2) is 0 Å². The molecule has 6 heteroatoms. The van der Waals surface area contributed by atoms with Gasteiger partial charge < -0.3 is 5.11 Å². The van der Waals surface area contributed by atoms with E-state index in [1.165, 1.54) is 0 Å². The van der Waals surface area contributed by atoms with Crippen LogP contribution in [0.1, 0.15) is 0 Å². The molecular weight excluding hydrogens is 322 g/mol. The molecule has 20 heavy (non-hydrogen) atoms. The number of aromatic nitrogens is 2. The zero-order valence-electron chi connectivity index (χ0n) is 10.2. The van der Waals surface area contributed by atoms with Crippen LogP contribution in [0, 0.1) is 0 Å². The fourth-order valence-corrected chi connectivity index (χ4v) is 2.62. The number of fused-ring (bicyclic) bond motifs is 1. The molecule has 0 radical (unpaired) electrons. The Balaban J connectivity index is 2.12. The summed E-state index contributed by atoms with van der Waals surface area (Å²) in [6.07, 6.45) is 0.541. The molecule has 0 aliphatic rings. The van der Waals surface area contributed by atoms with Gasteiger partial charge in [-0.2, -0.15) is 5.10 Å². The predicted octanol–water partition coefficient (Wildman–Crippen LogP) is 3.85. The standard InChI is InChI=1S/C14H10BrN3O2/c15-12-11-7-6-10(16-14(19)20)8-18(11)17-13(12)9-4-2-1-3-5-9/h1-8,16H,(H,19,20). The molecule has 5 nitrogen and oxygen atoms in total. The minimum Gasteiger partial charge on any atom is -0.465 e. The van der Waals surface area contributed by atoms with Crippen molar-refractivity contribution in [1.82, 2.24) is 9.61 Å². The fraction of sp³-hybridized carbons (Fsp3) is 0. The van der Waals surface area contributed by atoms with E-state index in [9.17, 15) is 4.79 Å². The van der Waals surface area contributed by atoms with Gasteiger partial charge in [0.05, 0.1) is 21.9 Å². The van der Waals surface area contributed by atoms with Crippen molar-refractivity contribution in [2.24, 2.45) is 0 Å². The van der Waals surface area contributed by atoms with Crippen LogP contribution in [0.25, 0.3) is 16.8 Å². The lowest BCUT2D eigenvalue weighted by Gasteiger charge is -2.00. The molecule has 1 aromatic carbocycles. The van der Waals surface area contributed by atoms with Crippen LogP contribution in [0.5, 0.6) is 0 Å². The molecule has 0 fully saturated rings. The first-order valence-corrected chi connectivity index (χ1v) is 6.68. The maximum absolute atomic E-state index is 10.6. The highest BCUT2D eigenvalue weighted by Gasteiger charge is 2.12. The average Bonchev–Trinajstić information content (AvgIpc) is 2.76. The number of nitrogens with zero attached hydrogens (tertiary/aromatic N) is 2. The minimum atomic E-state index is -1.10. The van der Waals surface area contributed by atoms with Gasteiger partial charge in [0.1, 0.15) is 5.69 Å². The molecule has 3 rings (SSSR count). The summed E-state index contributed by atoms with van der Waals surface area (Å²) < 4.78 is 2.53. The van der Waals surface area contributed by atoms with E-state index < -0.39 is 6.09 Å². The second kappa shape index (κ2) is 4.97. The van der Waals surface area contributed by atoms with E-state index in [4.69, 9.17) is 5.11 Å². The van der Waals surface area contributed by atoms with Crippen LogP contribution < -0.4 is 5.32 Å². The lowest BCUT2D eigenvalue weighted by molar-refractivity contribution is 0.209. The van der Waals surface area contributed by atoms with E-state index in [0.717, 1.165) is 21.2 Å². The Labute approximate surface area is 123 Å². The van der Waals surface area contributed by atoms with Crippen molar-refractivity contribution >= 4 is 33.2 Å². The SMILES string of the molecule is O=C(O)Nc1ccc2c(Br)c(-c3ccccc3)nn2c1. The molecular formula is C14H10BrN3O2. The van der Waals surface area contributed by atoms with Gasteiger partial charge in [0.2, 0.25) is 0 Å². The Hall–Kier alpha value is -2.34. The summed E-state index contributed by atoms with van der Waals surface area (Å²) in [7, 11) is 0. The molecule has 0 atom stereocenters. The van der Waals surface area contributed by atoms with Crippen molar-refractivity contribution in [1.29, 1.82) is 0 Å². The van der Waals surface area contributed by atoms with Crippen molar-refractivity contribution in [2.45, 2.75) is 0 Å². The molecule has 0 spiro atoms. The molecule has 2 heterocycles. The molecule has 100 valence electrons. The number of amides is 1. The number of pyridine rings is 1. The number of hydrogen-bond acceptors (Lipinski definition) is 2. The predicted molar refractivity (Wildman–Crippen MR) is 80.0 cm³/mol. The lowest BCUT2D eigenvalue weighted by Crippen LogP contribution is -2.07. The van der Waals surface area contributed by atoms with Crippen molar-refractivity contribution < 1.29 is 9.90 Å². The maximum Gasteiger partial charge on any atom is 0.409 e. The van der Waals surface area contributed by atoms with E-state index >= 15 is 0 Å². The maximum atomic E-state index is 10.6. The first kappa shape index (κ1) is 12.7. The fourth-order valence-electron chi connectivity index (χ4n) is 2.00. The third-order valence-electron chi connectivity index (χ3n) is 2.87. The van der Waals surface area contributed by atoms with Gasteiger partial charge in [-0.25, -0.2) is 9.31 Å². The third-order valence-corrected chi connectivity index (χ3v) is 3.65.